The second-order valence-electron chi connectivity index (χ2n) is 11.5. The summed E-state index contributed by atoms with van der Waals surface area (Å²) in [6.07, 6.45) is 4.80. The molecular formula is C31H43N3O6. The van der Waals surface area contributed by atoms with E-state index in [9.17, 15) is 19.2 Å². The molecule has 2 aliphatic rings. The van der Waals surface area contributed by atoms with Crippen molar-refractivity contribution in [1.29, 1.82) is 0 Å². The molecule has 2 saturated carbocycles. The highest BCUT2D eigenvalue weighted by atomic mass is 16.5. The molecule has 0 saturated heterocycles. The Kier molecular flexibility index (Phi) is 9.02. The zero-order valence-corrected chi connectivity index (χ0v) is 24.9. The number of aromatic nitrogens is 2. The van der Waals surface area contributed by atoms with Crippen molar-refractivity contribution in [2.75, 3.05) is 26.3 Å². The first-order chi connectivity index (χ1) is 19.0. The monoisotopic (exact) mass is 553 g/mol. The van der Waals surface area contributed by atoms with E-state index in [1.54, 1.807) is 41.5 Å². The maximum Gasteiger partial charge on any atom is 0.340 e. The van der Waals surface area contributed by atoms with Gasteiger partial charge in [0, 0.05) is 17.4 Å². The van der Waals surface area contributed by atoms with E-state index < -0.39 is 11.9 Å². The molecular weight excluding hydrogens is 510 g/mol. The van der Waals surface area contributed by atoms with Crippen molar-refractivity contribution in [3.63, 3.8) is 0 Å². The van der Waals surface area contributed by atoms with Crippen LogP contribution in [0.5, 0.6) is 0 Å². The number of ether oxygens (including phenoxy) is 2. The predicted octanol–water partition coefficient (Wildman–Crippen LogP) is 5.12. The van der Waals surface area contributed by atoms with Gasteiger partial charge in [-0.2, -0.15) is 0 Å². The van der Waals surface area contributed by atoms with Crippen molar-refractivity contribution in [3.05, 3.63) is 45.0 Å². The third-order valence-corrected chi connectivity index (χ3v) is 9.07. The van der Waals surface area contributed by atoms with Crippen LogP contribution in [0.3, 0.4) is 0 Å². The van der Waals surface area contributed by atoms with Crippen LogP contribution < -0.4 is 0 Å². The number of nitrogens with zero attached hydrogens (tertiary/aromatic N) is 1. The second-order valence-corrected chi connectivity index (χ2v) is 11.5. The molecule has 0 radical (unpaired) electrons. The molecule has 2 aromatic heterocycles. The molecule has 218 valence electrons. The molecule has 9 heteroatoms. The number of rotatable bonds is 12. The molecule has 2 N–H and O–H groups in total. The van der Waals surface area contributed by atoms with Gasteiger partial charge in [-0.15, -0.1) is 0 Å². The minimum Gasteiger partial charge on any atom is -0.462 e. The molecule has 2 aromatic rings. The number of hydrogen-bond acceptors (Lipinski definition) is 7. The number of Topliss-reactive ketones (excluding diaryl/α,β-unsaturated/α-hetero) is 2. The number of aromatic amines is 2. The molecule has 4 rings (SSSR count). The van der Waals surface area contributed by atoms with Gasteiger partial charge in [0.25, 0.3) is 0 Å². The summed E-state index contributed by atoms with van der Waals surface area (Å²) in [6.45, 7) is 13.2. The Balaban J connectivity index is 1.61. The van der Waals surface area contributed by atoms with Gasteiger partial charge in [-0.1, -0.05) is 6.42 Å². The van der Waals surface area contributed by atoms with E-state index in [2.05, 4.69) is 16.9 Å². The van der Waals surface area contributed by atoms with Crippen LogP contribution in [0.25, 0.3) is 0 Å². The average Bonchev–Trinajstić information content (AvgIpc) is 3.66. The Bertz CT molecular complexity index is 1220. The van der Waals surface area contributed by atoms with Crippen LogP contribution in [0.1, 0.15) is 111 Å². The summed E-state index contributed by atoms with van der Waals surface area (Å²) >= 11 is 0. The smallest absolute Gasteiger partial charge is 0.340 e. The lowest BCUT2D eigenvalue weighted by Gasteiger charge is -2.36. The molecule has 2 aliphatic carbocycles. The minimum atomic E-state index is -0.454. The van der Waals surface area contributed by atoms with Crippen LogP contribution in [0.4, 0.5) is 0 Å². The Morgan fingerprint density at radius 1 is 0.800 bits per heavy atom. The van der Waals surface area contributed by atoms with Crippen LogP contribution >= 0.6 is 0 Å². The van der Waals surface area contributed by atoms with Gasteiger partial charge in [0.1, 0.15) is 0 Å². The molecule has 0 aromatic carbocycles. The van der Waals surface area contributed by atoms with Gasteiger partial charge in [0.2, 0.25) is 0 Å². The number of hydrogen-bond donors (Lipinski definition) is 2. The maximum atomic E-state index is 13.7. The number of nitrogens with one attached hydrogen (secondary N) is 2. The molecule has 0 spiro atoms. The van der Waals surface area contributed by atoms with Crippen LogP contribution in [0, 0.1) is 45.4 Å². The fourth-order valence-corrected chi connectivity index (χ4v) is 7.10. The molecule has 0 amide bonds. The summed E-state index contributed by atoms with van der Waals surface area (Å²) in [7, 11) is 0. The number of H-pyrrole nitrogens is 2. The van der Waals surface area contributed by atoms with Crippen LogP contribution in [0.15, 0.2) is 0 Å². The van der Waals surface area contributed by atoms with E-state index in [1.807, 2.05) is 4.90 Å². The minimum absolute atomic E-state index is 0.0185. The SMILES string of the molecule is CCOC(=O)c1c(C)[nH]c(C(=O)CN(CC(=O)c2[nH]c(C)c(C(=O)OCC)c2C)[C@@H](C)[C@H]2C[C@H]3CC[C@H]2C3)c1C. The van der Waals surface area contributed by atoms with E-state index in [4.69, 9.17) is 9.47 Å². The van der Waals surface area contributed by atoms with Crippen molar-refractivity contribution < 1.29 is 28.7 Å². The third-order valence-electron chi connectivity index (χ3n) is 9.07. The summed E-state index contributed by atoms with van der Waals surface area (Å²) in [5, 5.41) is 0. The van der Waals surface area contributed by atoms with Crippen LogP contribution in [-0.4, -0.2) is 70.7 Å². The normalized spacial score (nSPS) is 20.6. The largest absolute Gasteiger partial charge is 0.462 e. The molecule has 2 bridgehead atoms. The van der Waals surface area contributed by atoms with E-state index >= 15 is 0 Å². The molecule has 9 nitrogen and oxygen atoms in total. The Morgan fingerprint density at radius 3 is 1.65 bits per heavy atom. The lowest BCUT2D eigenvalue weighted by atomic mass is 9.83. The van der Waals surface area contributed by atoms with Gasteiger partial charge in [0.05, 0.1) is 48.8 Å². The van der Waals surface area contributed by atoms with E-state index in [-0.39, 0.29) is 43.9 Å². The van der Waals surface area contributed by atoms with Gasteiger partial charge < -0.3 is 19.4 Å². The summed E-state index contributed by atoms with van der Waals surface area (Å²) in [5.41, 5.74) is 3.82. The quantitative estimate of drug-likeness (QED) is 0.276. The molecule has 0 unspecified atom stereocenters. The lowest BCUT2D eigenvalue weighted by Crippen LogP contribution is -2.46. The Labute approximate surface area is 236 Å². The highest BCUT2D eigenvalue weighted by Gasteiger charge is 2.44. The van der Waals surface area contributed by atoms with Crippen molar-refractivity contribution in [3.8, 4) is 0 Å². The lowest BCUT2D eigenvalue weighted by molar-refractivity contribution is 0.0515. The molecule has 2 heterocycles. The first-order valence-electron chi connectivity index (χ1n) is 14.5. The summed E-state index contributed by atoms with van der Waals surface area (Å²) in [6, 6.07) is 0.0185. The van der Waals surface area contributed by atoms with Crippen LogP contribution in [0.2, 0.25) is 0 Å². The Hall–Kier alpha value is -3.20. The van der Waals surface area contributed by atoms with Gasteiger partial charge >= 0.3 is 11.9 Å². The third kappa shape index (κ3) is 5.66. The number of carbonyl (C=O) groups is 4. The van der Waals surface area contributed by atoms with Crippen molar-refractivity contribution >= 4 is 23.5 Å². The topological polar surface area (TPSA) is 122 Å². The summed E-state index contributed by atoms with van der Waals surface area (Å²) < 4.78 is 10.4. The fraction of sp³-hybridized carbons (Fsp3) is 0.613. The fourth-order valence-electron chi connectivity index (χ4n) is 7.10. The van der Waals surface area contributed by atoms with Gasteiger partial charge in [0.15, 0.2) is 11.6 Å². The average molecular weight is 554 g/mol. The number of fused-ring (bicyclic) bond motifs is 2. The zero-order valence-electron chi connectivity index (χ0n) is 24.9. The van der Waals surface area contributed by atoms with E-state index in [1.165, 1.54) is 19.3 Å². The number of aryl methyl sites for hydroxylation is 2. The number of esters is 2. The van der Waals surface area contributed by atoms with E-state index in [0.717, 1.165) is 12.3 Å². The van der Waals surface area contributed by atoms with Crippen molar-refractivity contribution in [2.45, 2.75) is 80.2 Å². The summed E-state index contributed by atoms with van der Waals surface area (Å²) in [4.78, 5) is 60.6. The first-order valence-corrected chi connectivity index (χ1v) is 14.5. The highest BCUT2D eigenvalue weighted by molar-refractivity contribution is 6.04. The maximum absolute atomic E-state index is 13.7. The first kappa shape index (κ1) is 29.8. The molecule has 2 fully saturated rings. The van der Waals surface area contributed by atoms with Gasteiger partial charge in [-0.3, -0.25) is 14.5 Å². The summed E-state index contributed by atoms with van der Waals surface area (Å²) in [5.74, 6) is 0.503. The Morgan fingerprint density at radius 2 is 1.27 bits per heavy atom. The van der Waals surface area contributed by atoms with E-state index in [0.29, 0.717) is 56.9 Å². The van der Waals surface area contributed by atoms with Crippen molar-refractivity contribution in [1.82, 2.24) is 14.9 Å². The van der Waals surface area contributed by atoms with Crippen LogP contribution in [-0.2, 0) is 9.47 Å². The number of carbonyl (C=O) groups excluding carboxylic acids is 4. The van der Waals surface area contributed by atoms with Gasteiger partial charge in [-0.25, -0.2) is 9.59 Å². The molecule has 40 heavy (non-hydrogen) atoms. The van der Waals surface area contributed by atoms with Gasteiger partial charge in [-0.05, 0) is 96.6 Å². The molecule has 0 aliphatic heterocycles. The number of ketones is 2. The molecule has 4 atom stereocenters. The predicted molar refractivity (Wildman–Crippen MR) is 151 cm³/mol. The second kappa shape index (κ2) is 12.1. The van der Waals surface area contributed by atoms with Crippen molar-refractivity contribution in [2.24, 2.45) is 17.8 Å². The zero-order chi connectivity index (χ0) is 29.3. The highest BCUT2D eigenvalue weighted by Crippen LogP contribution is 2.50. The standard InChI is InChI=1S/C31H43N3O6/c1-8-39-30(37)26-16(3)28(32-18(26)5)24(35)14-34(20(7)23-13-21-10-11-22(23)12-21)15-25(36)29-17(4)27(19(6)33-29)31(38)40-9-2/h20-23,32-33H,8-15H2,1-7H3/t20-,21-,22-,23+/m0/s1.